The number of halogens is 13. The second-order valence-corrected chi connectivity index (χ2v) is 24.3. The molecule has 0 radical (unpaired) electrons. The third-order valence-electron chi connectivity index (χ3n) is 14.0. The molecule has 0 unspecified atom stereocenters. The van der Waals surface area contributed by atoms with Crippen LogP contribution in [0.3, 0.4) is 0 Å². The minimum Gasteiger partial charge on any atom is -0.478 e. The van der Waals surface area contributed by atoms with Crippen LogP contribution in [0.1, 0.15) is 132 Å². The number of anilines is 5. The van der Waals surface area contributed by atoms with E-state index < -0.39 is 123 Å². The van der Waals surface area contributed by atoms with Crippen molar-refractivity contribution in [3.63, 3.8) is 0 Å². The summed E-state index contributed by atoms with van der Waals surface area (Å²) in [6, 6.07) is 7.97. The number of carboxylic acids is 2. The Labute approximate surface area is 587 Å². The highest BCUT2D eigenvalue weighted by molar-refractivity contribution is 6.18. The Kier molecular flexibility index (Phi) is 35.8. The third kappa shape index (κ3) is 27.4. The molecule has 0 spiro atoms. The molecule has 6 N–H and O–H groups in total. The van der Waals surface area contributed by atoms with E-state index in [1.807, 2.05) is 4.90 Å². The van der Waals surface area contributed by atoms with Gasteiger partial charge in [0, 0.05) is 108 Å². The number of methoxy groups -OCH3 is 3. The molecule has 0 aliphatic carbocycles. The molecule has 5 aromatic rings. The molecule has 3 fully saturated rings. The fourth-order valence-electron chi connectivity index (χ4n) is 9.01. The second-order valence-electron chi connectivity index (χ2n) is 23.5. The van der Waals surface area contributed by atoms with Gasteiger partial charge in [0.25, 0.3) is 0 Å². The van der Waals surface area contributed by atoms with Crippen LogP contribution in [0.5, 0.6) is 0 Å². The molecule has 0 saturated carbocycles. The second kappa shape index (κ2) is 41.0. The Morgan fingerprint density at radius 3 is 0.940 bits per heavy atom. The number of ether oxygens (including phenoxy) is 5. The van der Waals surface area contributed by atoms with E-state index in [9.17, 15) is 77.5 Å². The smallest absolute Gasteiger partial charge is 0.410 e. The summed E-state index contributed by atoms with van der Waals surface area (Å²) in [6.45, 7) is 14.6. The van der Waals surface area contributed by atoms with Crippen LogP contribution in [-0.2, 0) is 23.7 Å². The molecule has 3 saturated heterocycles. The summed E-state index contributed by atoms with van der Waals surface area (Å²) in [4.78, 5) is 87.2. The van der Waals surface area contributed by atoms with Crippen LogP contribution in [0.2, 0.25) is 0 Å². The van der Waals surface area contributed by atoms with Gasteiger partial charge in [-0.05, 0) is 104 Å². The first-order chi connectivity index (χ1) is 46.3. The lowest BCUT2D eigenvalue weighted by molar-refractivity contribution is 0.0230. The van der Waals surface area contributed by atoms with Gasteiger partial charge in [-0.15, -0.1) is 35.6 Å². The molecule has 2 amide bonds. The summed E-state index contributed by atoms with van der Waals surface area (Å²) in [5.41, 5.74) is 6.54. The highest BCUT2D eigenvalue weighted by Crippen LogP contribution is 2.30. The van der Waals surface area contributed by atoms with Crippen molar-refractivity contribution in [1.82, 2.24) is 9.80 Å². The average molecular weight is 1490 g/mol. The van der Waals surface area contributed by atoms with Crippen molar-refractivity contribution < 1.29 is 111 Å². The number of carbonyl (C=O) groups is 7. The molecule has 8 rings (SSSR count). The highest BCUT2D eigenvalue weighted by Gasteiger charge is 2.31. The number of hydrogen-bond acceptors (Lipinski definition) is 17. The van der Waals surface area contributed by atoms with E-state index in [-0.39, 0.29) is 57.5 Å². The molecule has 3 aliphatic rings. The van der Waals surface area contributed by atoms with Crippen molar-refractivity contribution in [2.45, 2.75) is 91.3 Å². The lowest BCUT2D eigenvalue weighted by atomic mass is 10.1. The van der Waals surface area contributed by atoms with Gasteiger partial charge in [0.1, 0.15) is 69.4 Å². The minimum absolute atomic E-state index is 0. The lowest BCUT2D eigenvalue weighted by Crippen LogP contribution is -2.50. The summed E-state index contributed by atoms with van der Waals surface area (Å²) < 4.78 is 157. The summed E-state index contributed by atoms with van der Waals surface area (Å²) in [7, 11) is 3.40. The number of nitrogens with two attached hydrogens (primary N) is 2. The van der Waals surface area contributed by atoms with Crippen molar-refractivity contribution in [3.8, 4) is 0 Å². The molecule has 34 heteroatoms. The van der Waals surface area contributed by atoms with Gasteiger partial charge < -0.3 is 69.9 Å². The molecule has 0 bridgehead atoms. The average Bonchev–Trinajstić information content (AvgIpc) is 0.826. The van der Waals surface area contributed by atoms with Crippen LogP contribution in [0.15, 0.2) is 60.7 Å². The van der Waals surface area contributed by atoms with E-state index in [1.165, 1.54) is 29.4 Å². The molecular weight excluding hydrogens is 1410 g/mol. The first kappa shape index (κ1) is 87.2. The van der Waals surface area contributed by atoms with E-state index in [0.717, 1.165) is 102 Å². The van der Waals surface area contributed by atoms with Crippen LogP contribution >= 0.6 is 35.6 Å². The van der Waals surface area contributed by atoms with Crippen molar-refractivity contribution in [2.24, 2.45) is 0 Å². The van der Waals surface area contributed by atoms with Crippen LogP contribution < -0.4 is 26.2 Å². The normalized spacial score (nSPS) is 13.4. The van der Waals surface area contributed by atoms with Crippen molar-refractivity contribution in [3.05, 3.63) is 147 Å². The van der Waals surface area contributed by atoms with Gasteiger partial charge in [0.15, 0.2) is 0 Å². The molecule has 554 valence electrons. The molecular formula is C66H80Cl3F10N7O14. The Morgan fingerprint density at radius 2 is 0.650 bits per heavy atom. The highest BCUT2D eigenvalue weighted by atomic mass is 35.5. The maximum absolute atomic E-state index is 14.1. The maximum Gasteiger partial charge on any atom is 0.410 e. The number of esters is 3. The molecule has 5 aromatic carbocycles. The predicted octanol–water partition coefficient (Wildman–Crippen LogP) is 13.9. The summed E-state index contributed by atoms with van der Waals surface area (Å²) in [5.74, 6) is -13.1. The first-order valence-electron chi connectivity index (χ1n) is 30.3. The predicted molar refractivity (Wildman–Crippen MR) is 357 cm³/mol. The number of piperidine rings is 1. The van der Waals surface area contributed by atoms with Gasteiger partial charge in [-0.3, -0.25) is 0 Å². The zero-order valence-corrected chi connectivity index (χ0v) is 58.5. The van der Waals surface area contributed by atoms with Gasteiger partial charge in [0.05, 0.1) is 77.6 Å². The monoisotopic (exact) mass is 1490 g/mol. The molecule has 0 aromatic heterocycles. The molecule has 100 heavy (non-hydrogen) atoms. The number of alkyl halides is 2. The fourth-order valence-corrected chi connectivity index (χ4v) is 9.39. The number of amides is 2. The summed E-state index contributed by atoms with van der Waals surface area (Å²) >= 11 is 10.8. The number of nitrogens with zero attached hydrogens (tertiary/aromatic N) is 5. The Bertz CT molecular complexity index is 3610. The Balaban J connectivity index is 0.000000423. The van der Waals surface area contributed by atoms with Crippen LogP contribution in [-0.4, -0.2) is 172 Å². The van der Waals surface area contributed by atoms with E-state index in [1.54, 1.807) is 51.3 Å². The SMILES string of the molecule is CC(C)(C)OC(=O)N1CCN(c2cc(C(=O)O)c(F)cc2F)CC1.COC(=O)c1cc(N)c(F)cc1F.COC(=O)c1cc(N2CCCCC2)c(F)cc1F.COC(=O)c1cc(N2CCN(C(=O)OC(C)(C)C)CC2)c(F)cc1F.Cl.ClCCCCCCl.Nc1cc(C(=O)O)c(F)cc1F. The standard InChI is InChI=1S/C17H22F2N2O4.C16H20F2N2O4.C13H15F2NO2.C8H7F2NO2.C7H5F2NO2.C5H10Cl2.ClH/c1-17(2,3)25-16(23)21-7-5-20(6-8-21)14-9-11(15(22)24-4)12(18)10-13(14)19;1-16(2,3)24-15(23)20-6-4-19(5-7-20)13-8-10(14(21)22)11(17)9-12(13)18;1-18-13(17)9-7-12(11(15)8-10(9)14)16-5-3-2-4-6-16;1-13-8(12)4-2-7(11)6(10)3-5(4)9;8-4-2-5(9)6(10)1-3(4)7(11)12;6-4-2-1-3-5-7;/h9-10H,5-8H2,1-4H3;8-9H,4-7H2,1-3H3,(H,21,22);7-8H,2-6H2,1H3;2-3H,11H2,1H3;1-2H,10H2,(H,11,12);1-5H2;1H. The van der Waals surface area contributed by atoms with E-state index >= 15 is 0 Å². The number of carboxylic acid groups (broad SMARTS) is 2. The molecule has 3 heterocycles. The van der Waals surface area contributed by atoms with E-state index in [0.29, 0.717) is 76.6 Å². The van der Waals surface area contributed by atoms with Crippen molar-refractivity contribution >= 4 is 106 Å². The number of hydrogen-bond donors (Lipinski definition) is 4. The summed E-state index contributed by atoms with van der Waals surface area (Å²) in [6.07, 6.45) is 5.57. The zero-order chi connectivity index (χ0) is 74.8. The lowest BCUT2D eigenvalue weighted by Gasteiger charge is -2.37. The maximum atomic E-state index is 14.1. The van der Waals surface area contributed by atoms with Gasteiger partial charge in [-0.2, -0.15) is 0 Å². The summed E-state index contributed by atoms with van der Waals surface area (Å²) in [5, 5.41) is 17.3. The number of piperazine rings is 2. The van der Waals surface area contributed by atoms with Crippen LogP contribution in [0.25, 0.3) is 0 Å². The van der Waals surface area contributed by atoms with Gasteiger partial charge >= 0.3 is 42.0 Å². The first-order valence-corrected chi connectivity index (χ1v) is 31.4. The van der Waals surface area contributed by atoms with E-state index in [2.05, 4.69) is 14.2 Å². The van der Waals surface area contributed by atoms with Gasteiger partial charge in [0.2, 0.25) is 0 Å². The quantitative estimate of drug-likeness (QED) is 0.0226. The topological polar surface area (TPSA) is 274 Å². The fraction of sp³-hybridized carbons (Fsp3) is 0.439. The van der Waals surface area contributed by atoms with Gasteiger partial charge in [-0.1, -0.05) is 6.42 Å². The zero-order valence-electron chi connectivity index (χ0n) is 56.1. The molecule has 3 aliphatic heterocycles. The Hall–Kier alpha value is -8.84. The number of nitrogen functional groups attached to an aromatic ring is 2. The van der Waals surface area contributed by atoms with Crippen molar-refractivity contribution in [2.75, 3.05) is 125 Å². The number of unbranched alkanes of at least 4 members (excludes halogenated alkanes) is 2. The number of rotatable bonds is 12. The Morgan fingerprint density at radius 1 is 0.390 bits per heavy atom. The number of carbonyl (C=O) groups excluding carboxylic acids is 5. The third-order valence-corrected chi connectivity index (χ3v) is 14.5. The van der Waals surface area contributed by atoms with Crippen molar-refractivity contribution in [1.29, 1.82) is 0 Å². The molecule has 21 nitrogen and oxygen atoms in total. The van der Waals surface area contributed by atoms with Crippen LogP contribution in [0, 0.1) is 58.2 Å². The van der Waals surface area contributed by atoms with E-state index in [4.69, 9.17) is 54.4 Å². The van der Waals surface area contributed by atoms with Gasteiger partial charge in [-0.25, -0.2) is 77.5 Å². The molecule has 0 atom stereocenters. The largest absolute Gasteiger partial charge is 0.478 e. The number of benzene rings is 5. The van der Waals surface area contributed by atoms with Crippen LogP contribution in [0.4, 0.5) is 81.9 Å². The number of aromatic carboxylic acids is 2. The minimum atomic E-state index is -1.47.